The summed E-state index contributed by atoms with van der Waals surface area (Å²) in [5.74, 6) is 1.67. The average Bonchev–Trinajstić information content (AvgIpc) is 3.25. The second-order valence-electron chi connectivity index (χ2n) is 11.2. The van der Waals surface area contributed by atoms with E-state index >= 15 is 0 Å². The number of phenolic OH excluding ortho intramolecular Hbond substituents is 1. The molecule has 2 aromatic carbocycles. The van der Waals surface area contributed by atoms with E-state index in [4.69, 9.17) is 0 Å². The third-order valence-corrected chi connectivity index (χ3v) is 8.06. The Morgan fingerprint density at radius 2 is 1.86 bits per heavy atom. The van der Waals surface area contributed by atoms with Crippen molar-refractivity contribution >= 4 is 5.91 Å². The van der Waals surface area contributed by atoms with Crippen molar-refractivity contribution in [3.63, 3.8) is 0 Å². The lowest BCUT2D eigenvalue weighted by Gasteiger charge is -2.45. The minimum absolute atomic E-state index is 0.0115. The summed E-state index contributed by atoms with van der Waals surface area (Å²) in [6, 6.07) is 15.2. The van der Waals surface area contributed by atoms with Gasteiger partial charge in [-0.15, -0.1) is 0 Å². The monoisotopic (exact) mass is 480 g/mol. The van der Waals surface area contributed by atoms with Gasteiger partial charge < -0.3 is 20.4 Å². The molecular formula is C30H44N2O3. The predicted octanol–water partition coefficient (Wildman–Crippen LogP) is 5.01. The molecule has 2 aliphatic rings. The van der Waals surface area contributed by atoms with Crippen LogP contribution in [0, 0.1) is 17.3 Å². The number of nitrogens with one attached hydrogen (secondary N) is 1. The molecule has 4 rings (SSSR count). The topological polar surface area (TPSA) is 72.8 Å². The Kier molecular flexibility index (Phi) is 9.00. The summed E-state index contributed by atoms with van der Waals surface area (Å²) in [5.41, 5.74) is 3.90. The van der Waals surface area contributed by atoms with E-state index in [0.717, 1.165) is 38.0 Å². The predicted molar refractivity (Wildman–Crippen MR) is 143 cm³/mol. The van der Waals surface area contributed by atoms with Crippen LogP contribution in [0.1, 0.15) is 68.4 Å². The molecule has 3 N–H and O–H groups in total. The summed E-state index contributed by atoms with van der Waals surface area (Å²) < 4.78 is 0. The van der Waals surface area contributed by atoms with Crippen molar-refractivity contribution in [2.45, 2.75) is 58.8 Å². The van der Waals surface area contributed by atoms with Gasteiger partial charge in [-0.25, -0.2) is 0 Å². The smallest absolute Gasteiger partial charge is 0.251 e. The molecule has 0 bridgehead atoms. The standard InChI is InChI=1S/C20H31NO2.C10H13NO/c1-14-11-19(2,3)20(12-14)16(13-21(4)7-8-22)9-15-5-6-17(23)10-18(15)20;1-2-8-11-10(12)9-6-4-3-5-7-9/h5-6,10,14,16,22-23H,7-9,11-13H2,1-4H3;3-7H,2,8H2,1H3,(H,11,12)/t14-,16?,20?;/m0./s1. The number of hydrogen-bond donors (Lipinski definition) is 3. The van der Waals surface area contributed by atoms with E-state index in [2.05, 4.69) is 44.1 Å². The van der Waals surface area contributed by atoms with E-state index in [1.54, 1.807) is 0 Å². The first-order chi connectivity index (χ1) is 16.6. The summed E-state index contributed by atoms with van der Waals surface area (Å²) in [7, 11) is 2.11. The first-order valence-electron chi connectivity index (χ1n) is 13.1. The molecule has 1 saturated carbocycles. The molecule has 0 radical (unpaired) electrons. The Labute approximate surface area is 211 Å². The van der Waals surface area contributed by atoms with Gasteiger partial charge in [0.25, 0.3) is 5.91 Å². The van der Waals surface area contributed by atoms with E-state index in [-0.39, 0.29) is 23.3 Å². The van der Waals surface area contributed by atoms with E-state index in [1.165, 1.54) is 24.0 Å². The molecule has 5 nitrogen and oxygen atoms in total. The number of likely N-dealkylation sites (N-methyl/N-ethyl adjacent to an activating group) is 1. The molecule has 5 heteroatoms. The van der Waals surface area contributed by atoms with Gasteiger partial charge in [0.05, 0.1) is 6.61 Å². The van der Waals surface area contributed by atoms with Crippen LogP contribution in [-0.2, 0) is 11.8 Å². The van der Waals surface area contributed by atoms with E-state index < -0.39 is 0 Å². The minimum Gasteiger partial charge on any atom is -0.508 e. The Morgan fingerprint density at radius 1 is 1.14 bits per heavy atom. The van der Waals surface area contributed by atoms with Crippen molar-refractivity contribution in [2.75, 3.05) is 33.3 Å². The van der Waals surface area contributed by atoms with Gasteiger partial charge in [-0.2, -0.15) is 0 Å². The lowest BCUT2D eigenvalue weighted by atomic mass is 9.60. The zero-order valence-electron chi connectivity index (χ0n) is 22.2. The number of benzene rings is 2. The molecule has 2 unspecified atom stereocenters. The van der Waals surface area contributed by atoms with E-state index in [0.29, 0.717) is 17.6 Å². The number of nitrogens with zero attached hydrogens (tertiary/aromatic N) is 1. The zero-order chi connectivity index (χ0) is 25.6. The fourth-order valence-corrected chi connectivity index (χ4v) is 6.75. The lowest BCUT2D eigenvalue weighted by molar-refractivity contribution is 0.0953. The van der Waals surface area contributed by atoms with Crippen LogP contribution in [0.15, 0.2) is 48.5 Å². The Balaban J connectivity index is 0.000000241. The molecule has 1 fully saturated rings. The van der Waals surface area contributed by atoms with E-state index in [1.807, 2.05) is 49.4 Å². The minimum atomic E-state index is 0.0115. The molecule has 3 atom stereocenters. The maximum absolute atomic E-state index is 11.3. The quantitative estimate of drug-likeness (QED) is 0.521. The molecule has 192 valence electrons. The molecule has 0 heterocycles. The van der Waals surface area contributed by atoms with Crippen molar-refractivity contribution in [3.8, 4) is 5.75 Å². The van der Waals surface area contributed by atoms with Crippen LogP contribution in [-0.4, -0.2) is 54.3 Å². The average molecular weight is 481 g/mol. The Hall–Kier alpha value is -2.37. The van der Waals surface area contributed by atoms with Crippen LogP contribution in [0.5, 0.6) is 5.75 Å². The van der Waals surface area contributed by atoms with Crippen molar-refractivity contribution in [1.82, 2.24) is 10.2 Å². The zero-order valence-corrected chi connectivity index (χ0v) is 22.2. The fraction of sp³-hybridized carbons (Fsp3) is 0.567. The Morgan fingerprint density at radius 3 is 2.46 bits per heavy atom. The fourth-order valence-electron chi connectivity index (χ4n) is 6.75. The van der Waals surface area contributed by atoms with Crippen LogP contribution in [0.2, 0.25) is 0 Å². The highest BCUT2D eigenvalue weighted by atomic mass is 16.3. The highest BCUT2D eigenvalue weighted by molar-refractivity contribution is 5.94. The van der Waals surface area contributed by atoms with Gasteiger partial charge in [-0.3, -0.25) is 4.79 Å². The molecule has 1 spiro atoms. The third kappa shape index (κ3) is 5.90. The number of amides is 1. The SMILES string of the molecule is CCCNC(=O)c1ccccc1.C[C@H]1CC(C)(C)C2(C1)c1cc(O)ccc1CC2CN(C)CCO. The lowest BCUT2D eigenvalue weighted by Crippen LogP contribution is -2.46. The number of rotatable bonds is 7. The van der Waals surface area contributed by atoms with Crippen molar-refractivity contribution < 1.29 is 15.0 Å². The second-order valence-corrected chi connectivity index (χ2v) is 11.2. The number of fused-ring (bicyclic) bond motifs is 2. The van der Waals surface area contributed by atoms with Crippen molar-refractivity contribution in [2.24, 2.45) is 17.3 Å². The number of aliphatic hydroxyl groups is 1. The van der Waals surface area contributed by atoms with Gasteiger partial charge in [-0.05, 0) is 85.4 Å². The molecule has 0 aromatic heterocycles. The normalized spacial score (nSPS) is 24.2. The van der Waals surface area contributed by atoms with Crippen LogP contribution >= 0.6 is 0 Å². The summed E-state index contributed by atoms with van der Waals surface area (Å²) >= 11 is 0. The first kappa shape index (κ1) is 27.2. The molecule has 0 saturated heterocycles. The summed E-state index contributed by atoms with van der Waals surface area (Å²) in [5, 5.41) is 22.1. The van der Waals surface area contributed by atoms with Gasteiger partial charge in [0.1, 0.15) is 5.75 Å². The van der Waals surface area contributed by atoms with Crippen LogP contribution in [0.3, 0.4) is 0 Å². The van der Waals surface area contributed by atoms with Crippen molar-refractivity contribution in [3.05, 3.63) is 65.2 Å². The third-order valence-electron chi connectivity index (χ3n) is 8.06. The van der Waals surface area contributed by atoms with Crippen LogP contribution < -0.4 is 5.32 Å². The number of aromatic hydroxyl groups is 1. The maximum Gasteiger partial charge on any atom is 0.251 e. The van der Waals surface area contributed by atoms with Gasteiger partial charge in [0, 0.05) is 30.6 Å². The largest absolute Gasteiger partial charge is 0.508 e. The maximum atomic E-state index is 11.3. The van der Waals surface area contributed by atoms with E-state index in [9.17, 15) is 15.0 Å². The number of carbonyl (C=O) groups excluding carboxylic acids is 1. The molecule has 0 aliphatic heterocycles. The summed E-state index contributed by atoms with van der Waals surface area (Å²) in [6.45, 7) is 11.9. The summed E-state index contributed by atoms with van der Waals surface area (Å²) in [6.07, 6.45) is 4.50. The number of carbonyl (C=O) groups is 1. The van der Waals surface area contributed by atoms with Gasteiger partial charge >= 0.3 is 0 Å². The summed E-state index contributed by atoms with van der Waals surface area (Å²) in [4.78, 5) is 13.6. The van der Waals surface area contributed by atoms with Crippen LogP contribution in [0.4, 0.5) is 0 Å². The highest BCUT2D eigenvalue weighted by Crippen LogP contribution is 2.64. The first-order valence-corrected chi connectivity index (χ1v) is 13.1. The second kappa shape index (κ2) is 11.6. The van der Waals surface area contributed by atoms with Crippen LogP contribution in [0.25, 0.3) is 0 Å². The number of hydrogen-bond acceptors (Lipinski definition) is 4. The molecule has 1 amide bonds. The Bertz CT molecular complexity index is 975. The molecule has 35 heavy (non-hydrogen) atoms. The molecular weight excluding hydrogens is 436 g/mol. The van der Waals surface area contributed by atoms with Gasteiger partial charge in [0.2, 0.25) is 0 Å². The van der Waals surface area contributed by atoms with Crippen molar-refractivity contribution in [1.29, 1.82) is 0 Å². The van der Waals surface area contributed by atoms with Gasteiger partial charge in [-0.1, -0.05) is 52.0 Å². The highest BCUT2D eigenvalue weighted by Gasteiger charge is 2.59. The number of aliphatic hydroxyl groups excluding tert-OH is 1. The van der Waals surface area contributed by atoms with Gasteiger partial charge in [0.15, 0.2) is 0 Å². The molecule has 2 aromatic rings. The number of phenols is 1. The molecule has 2 aliphatic carbocycles.